The van der Waals surface area contributed by atoms with Gasteiger partial charge in [0.1, 0.15) is 5.78 Å². The van der Waals surface area contributed by atoms with E-state index in [9.17, 15) is 4.79 Å². The first-order valence-corrected chi connectivity index (χ1v) is 4.40. The van der Waals surface area contributed by atoms with Crippen molar-refractivity contribution in [2.75, 3.05) is 0 Å². The molecule has 0 bridgehead atoms. The molecule has 0 amide bonds. The summed E-state index contributed by atoms with van der Waals surface area (Å²) >= 11 is 0. The highest BCUT2D eigenvalue weighted by Gasteiger charge is 1.97. The molecule has 0 radical (unpaired) electrons. The average Bonchev–Trinajstić information content (AvgIpc) is 2.04. The maximum atomic E-state index is 10.9. The maximum Gasteiger partial charge on any atom is 0.134 e. The minimum absolute atomic E-state index is 0.204. The van der Waals surface area contributed by atoms with Crippen LogP contribution in [0, 0.1) is 0 Å². The molecule has 1 heteroatoms. The number of allylic oxidation sites excluding steroid dienone is 1. The molecule has 0 atom stereocenters. The lowest BCUT2D eigenvalue weighted by Gasteiger charge is -2.00. The fourth-order valence-electron chi connectivity index (χ4n) is 1.32. The molecule has 0 heterocycles. The molecule has 0 fully saturated rings. The predicted molar refractivity (Wildman–Crippen MR) is 54.7 cm³/mol. The van der Waals surface area contributed by atoms with E-state index in [-0.39, 0.29) is 5.78 Å². The summed E-state index contributed by atoms with van der Waals surface area (Å²) in [7, 11) is 0. The second-order valence-corrected chi connectivity index (χ2v) is 3.19. The first-order chi connectivity index (χ1) is 6.22. The van der Waals surface area contributed by atoms with E-state index in [1.54, 1.807) is 6.92 Å². The Labute approximate surface area is 79.1 Å². The summed E-state index contributed by atoms with van der Waals surface area (Å²) in [5.74, 6) is 0.204. The third-order valence-corrected chi connectivity index (χ3v) is 1.82. The van der Waals surface area contributed by atoms with E-state index in [0.717, 1.165) is 12.0 Å². The molecule has 0 aromatic heterocycles. The maximum absolute atomic E-state index is 10.9. The Bertz CT molecular complexity index is 313. The number of carbonyl (C=O) groups excluding carboxylic acids is 1. The van der Waals surface area contributed by atoms with Crippen molar-refractivity contribution >= 4 is 5.78 Å². The van der Waals surface area contributed by atoms with E-state index in [1.807, 2.05) is 24.3 Å². The van der Waals surface area contributed by atoms with Crippen LogP contribution in [0.1, 0.15) is 18.1 Å². The van der Waals surface area contributed by atoms with Gasteiger partial charge in [-0.25, -0.2) is 0 Å². The Hall–Kier alpha value is -1.37. The lowest BCUT2D eigenvalue weighted by atomic mass is 10.0. The first kappa shape index (κ1) is 9.72. The molecule has 0 spiro atoms. The minimum Gasteiger partial charge on any atom is -0.300 e. The number of hydrogen-bond donors (Lipinski definition) is 0. The Balaban J connectivity index is 2.78. The van der Waals surface area contributed by atoms with E-state index in [1.165, 1.54) is 5.56 Å². The molecule has 68 valence electrons. The Morgan fingerprint density at radius 2 is 2.15 bits per heavy atom. The summed E-state index contributed by atoms with van der Waals surface area (Å²) in [4.78, 5) is 10.9. The van der Waals surface area contributed by atoms with Crippen LogP contribution in [0.4, 0.5) is 0 Å². The van der Waals surface area contributed by atoms with Gasteiger partial charge >= 0.3 is 0 Å². The summed E-state index contributed by atoms with van der Waals surface area (Å²) in [6.07, 6.45) is 3.27. The molecular formula is C12H14O. The number of hydrogen-bond acceptors (Lipinski definition) is 1. The van der Waals surface area contributed by atoms with Crippen LogP contribution in [0.3, 0.4) is 0 Å². The van der Waals surface area contributed by atoms with Gasteiger partial charge in [-0.2, -0.15) is 0 Å². The standard InChI is InChI=1S/C12H14O/c1-3-5-11-6-4-7-12(9-11)8-10(2)13/h3-4,6-7,9H,1,5,8H2,2H3. The Morgan fingerprint density at radius 3 is 2.77 bits per heavy atom. The lowest BCUT2D eigenvalue weighted by molar-refractivity contribution is -0.116. The topological polar surface area (TPSA) is 17.1 Å². The van der Waals surface area contributed by atoms with Crippen molar-refractivity contribution in [2.45, 2.75) is 19.8 Å². The summed E-state index contributed by atoms with van der Waals surface area (Å²) < 4.78 is 0. The van der Waals surface area contributed by atoms with Gasteiger partial charge in [0.25, 0.3) is 0 Å². The molecule has 13 heavy (non-hydrogen) atoms. The van der Waals surface area contributed by atoms with Gasteiger partial charge in [0.15, 0.2) is 0 Å². The molecule has 0 aliphatic carbocycles. The Morgan fingerprint density at radius 1 is 1.46 bits per heavy atom. The van der Waals surface area contributed by atoms with Crippen LogP contribution in [0.15, 0.2) is 36.9 Å². The number of benzene rings is 1. The highest BCUT2D eigenvalue weighted by Crippen LogP contribution is 2.07. The summed E-state index contributed by atoms with van der Waals surface area (Å²) in [6.45, 7) is 5.29. The summed E-state index contributed by atoms with van der Waals surface area (Å²) in [5, 5.41) is 0. The average molecular weight is 174 g/mol. The van der Waals surface area contributed by atoms with Crippen LogP contribution in [0.5, 0.6) is 0 Å². The highest BCUT2D eigenvalue weighted by molar-refractivity contribution is 5.78. The number of rotatable bonds is 4. The highest BCUT2D eigenvalue weighted by atomic mass is 16.1. The van der Waals surface area contributed by atoms with Crippen molar-refractivity contribution < 1.29 is 4.79 Å². The molecule has 1 rings (SSSR count). The molecule has 1 aromatic carbocycles. The molecule has 0 saturated heterocycles. The van der Waals surface area contributed by atoms with Gasteiger partial charge in [0.05, 0.1) is 0 Å². The van der Waals surface area contributed by atoms with Gasteiger partial charge in [-0.1, -0.05) is 30.3 Å². The number of ketones is 1. The van der Waals surface area contributed by atoms with Crippen molar-refractivity contribution in [3.63, 3.8) is 0 Å². The molecule has 0 saturated carbocycles. The molecule has 0 unspecified atom stereocenters. The number of carbonyl (C=O) groups is 1. The van der Waals surface area contributed by atoms with Gasteiger partial charge < -0.3 is 0 Å². The van der Waals surface area contributed by atoms with Crippen molar-refractivity contribution in [3.8, 4) is 0 Å². The molecule has 1 nitrogen and oxygen atoms in total. The molecular weight excluding hydrogens is 160 g/mol. The minimum atomic E-state index is 0.204. The second kappa shape index (κ2) is 4.61. The zero-order valence-electron chi connectivity index (χ0n) is 7.92. The predicted octanol–water partition coefficient (Wildman–Crippen LogP) is 2.55. The van der Waals surface area contributed by atoms with E-state index in [0.29, 0.717) is 6.42 Å². The Kier molecular flexibility index (Phi) is 3.44. The normalized spacial score (nSPS) is 9.62. The monoisotopic (exact) mass is 174 g/mol. The lowest BCUT2D eigenvalue weighted by Crippen LogP contribution is -1.96. The van der Waals surface area contributed by atoms with Crippen LogP contribution < -0.4 is 0 Å². The van der Waals surface area contributed by atoms with Crippen molar-refractivity contribution in [1.82, 2.24) is 0 Å². The molecule has 0 N–H and O–H groups in total. The summed E-state index contributed by atoms with van der Waals surface area (Å²) in [6, 6.07) is 8.07. The van der Waals surface area contributed by atoms with Crippen LogP contribution in [0.25, 0.3) is 0 Å². The molecule has 0 aliphatic rings. The second-order valence-electron chi connectivity index (χ2n) is 3.19. The third-order valence-electron chi connectivity index (χ3n) is 1.82. The summed E-state index contributed by atoms with van der Waals surface area (Å²) in [5.41, 5.74) is 2.31. The van der Waals surface area contributed by atoms with Crippen LogP contribution in [-0.2, 0) is 17.6 Å². The zero-order valence-corrected chi connectivity index (χ0v) is 7.92. The van der Waals surface area contributed by atoms with Gasteiger partial charge in [0, 0.05) is 6.42 Å². The van der Waals surface area contributed by atoms with Crippen molar-refractivity contribution in [1.29, 1.82) is 0 Å². The van der Waals surface area contributed by atoms with E-state index in [4.69, 9.17) is 0 Å². The van der Waals surface area contributed by atoms with E-state index >= 15 is 0 Å². The molecule has 1 aromatic rings. The fraction of sp³-hybridized carbons (Fsp3) is 0.250. The van der Waals surface area contributed by atoms with E-state index < -0.39 is 0 Å². The van der Waals surface area contributed by atoms with Crippen molar-refractivity contribution in [3.05, 3.63) is 48.0 Å². The van der Waals surface area contributed by atoms with Crippen molar-refractivity contribution in [2.24, 2.45) is 0 Å². The largest absolute Gasteiger partial charge is 0.300 e. The third kappa shape index (κ3) is 3.24. The van der Waals surface area contributed by atoms with Gasteiger partial charge in [-0.05, 0) is 24.5 Å². The fourth-order valence-corrected chi connectivity index (χ4v) is 1.32. The van der Waals surface area contributed by atoms with Gasteiger partial charge in [0.2, 0.25) is 0 Å². The smallest absolute Gasteiger partial charge is 0.134 e. The molecule has 0 aliphatic heterocycles. The quantitative estimate of drug-likeness (QED) is 0.641. The van der Waals surface area contributed by atoms with Gasteiger partial charge in [-0.3, -0.25) is 4.79 Å². The van der Waals surface area contributed by atoms with Crippen LogP contribution >= 0.6 is 0 Å². The zero-order chi connectivity index (χ0) is 9.68. The van der Waals surface area contributed by atoms with Gasteiger partial charge in [-0.15, -0.1) is 6.58 Å². The van der Waals surface area contributed by atoms with Crippen LogP contribution in [0.2, 0.25) is 0 Å². The first-order valence-electron chi connectivity index (χ1n) is 4.40. The van der Waals surface area contributed by atoms with Crippen LogP contribution in [-0.4, -0.2) is 5.78 Å². The number of Topliss-reactive ketones (excluding diaryl/α,β-unsaturated/α-hetero) is 1. The van der Waals surface area contributed by atoms with E-state index in [2.05, 4.69) is 12.6 Å². The SMILES string of the molecule is C=CCc1cccc(CC(C)=O)c1.